The standard InChI is InChI=1S/C30H29BrN4O3.2ClH/c1-33-28-7-6-26(19-24(28)4-8-29(33)36)38-18-2-14-34(21-22-9-12-32-13-10-22)16-17-35-15-11-23-3-5-25(31)20-27(23)30(35)37;;/h3-13,15,19-20H,2,14,16-18,21H2,1H3;2*1H. The van der Waals surface area contributed by atoms with Gasteiger partial charge in [0.25, 0.3) is 11.1 Å². The third-order valence-corrected chi connectivity index (χ3v) is 7.23. The molecule has 0 aliphatic rings. The van der Waals surface area contributed by atoms with Gasteiger partial charge in [-0.2, -0.15) is 0 Å². The molecule has 0 amide bonds. The molecule has 3 aromatic heterocycles. The maximum atomic E-state index is 13.1. The van der Waals surface area contributed by atoms with Crippen LogP contribution < -0.4 is 15.9 Å². The van der Waals surface area contributed by atoms with Gasteiger partial charge in [0.1, 0.15) is 5.75 Å². The van der Waals surface area contributed by atoms with E-state index >= 15 is 0 Å². The molecule has 0 saturated heterocycles. The molecule has 0 atom stereocenters. The van der Waals surface area contributed by atoms with E-state index in [-0.39, 0.29) is 35.9 Å². The van der Waals surface area contributed by atoms with Crippen molar-refractivity contribution in [3.63, 3.8) is 0 Å². The minimum absolute atomic E-state index is 0. The summed E-state index contributed by atoms with van der Waals surface area (Å²) in [4.78, 5) is 31.4. The van der Waals surface area contributed by atoms with Gasteiger partial charge in [-0.05, 0) is 72.0 Å². The van der Waals surface area contributed by atoms with Crippen molar-refractivity contribution >= 4 is 62.4 Å². The van der Waals surface area contributed by atoms with Crippen molar-refractivity contribution in [2.75, 3.05) is 19.7 Å². The van der Waals surface area contributed by atoms with Crippen molar-refractivity contribution in [3.8, 4) is 5.75 Å². The first-order chi connectivity index (χ1) is 18.5. The Bertz CT molecular complexity index is 1690. The number of hydrogen-bond acceptors (Lipinski definition) is 5. The van der Waals surface area contributed by atoms with Crippen molar-refractivity contribution in [2.45, 2.75) is 19.5 Å². The van der Waals surface area contributed by atoms with Crippen LogP contribution in [0, 0.1) is 0 Å². The van der Waals surface area contributed by atoms with Gasteiger partial charge in [-0.1, -0.05) is 22.0 Å². The molecule has 0 radical (unpaired) electrons. The largest absolute Gasteiger partial charge is 0.494 e. The highest BCUT2D eigenvalue weighted by Gasteiger charge is 2.10. The fourth-order valence-corrected chi connectivity index (χ4v) is 4.99. The van der Waals surface area contributed by atoms with Gasteiger partial charge in [-0.25, -0.2) is 0 Å². The second kappa shape index (κ2) is 14.5. The van der Waals surface area contributed by atoms with Gasteiger partial charge in [0.2, 0.25) is 0 Å². The molecule has 0 N–H and O–H groups in total. The normalized spacial score (nSPS) is 10.9. The Hall–Kier alpha value is -3.17. The number of ether oxygens (including phenoxy) is 1. The number of pyridine rings is 3. The number of halogens is 3. The second-order valence-electron chi connectivity index (χ2n) is 9.33. The van der Waals surface area contributed by atoms with Crippen LogP contribution in [0.25, 0.3) is 21.7 Å². The number of fused-ring (bicyclic) bond motifs is 2. The number of nitrogens with zero attached hydrogens (tertiary/aromatic N) is 4. The zero-order valence-corrected chi connectivity index (χ0v) is 25.3. The van der Waals surface area contributed by atoms with Gasteiger partial charge in [-0.15, -0.1) is 24.8 Å². The van der Waals surface area contributed by atoms with Crippen molar-refractivity contribution in [3.05, 3.63) is 116 Å². The van der Waals surface area contributed by atoms with Gasteiger partial charge >= 0.3 is 0 Å². The van der Waals surface area contributed by atoms with Crippen LogP contribution in [0.2, 0.25) is 0 Å². The quantitative estimate of drug-likeness (QED) is 0.179. The molecule has 0 aliphatic heterocycles. The van der Waals surface area contributed by atoms with E-state index in [1.165, 1.54) is 5.56 Å². The van der Waals surface area contributed by atoms with E-state index in [1.807, 2.05) is 66.9 Å². The zero-order valence-electron chi connectivity index (χ0n) is 22.0. The summed E-state index contributed by atoms with van der Waals surface area (Å²) in [6, 6.07) is 21.0. The first-order valence-corrected chi connectivity index (χ1v) is 13.4. The van der Waals surface area contributed by atoms with Gasteiger partial charge in [0.05, 0.1) is 12.1 Å². The van der Waals surface area contributed by atoms with Crippen LogP contribution in [0.1, 0.15) is 12.0 Å². The van der Waals surface area contributed by atoms with E-state index in [1.54, 1.807) is 34.6 Å². The van der Waals surface area contributed by atoms with Crippen LogP contribution in [0.4, 0.5) is 0 Å². The van der Waals surface area contributed by atoms with Crippen molar-refractivity contribution in [1.29, 1.82) is 0 Å². The smallest absolute Gasteiger partial charge is 0.258 e. The summed E-state index contributed by atoms with van der Waals surface area (Å²) in [5.74, 6) is 0.783. The molecule has 40 heavy (non-hydrogen) atoms. The zero-order chi connectivity index (χ0) is 26.5. The number of benzene rings is 2. The van der Waals surface area contributed by atoms with Crippen molar-refractivity contribution in [1.82, 2.24) is 19.0 Å². The van der Waals surface area contributed by atoms with E-state index < -0.39 is 0 Å². The topological polar surface area (TPSA) is 69.4 Å². The summed E-state index contributed by atoms with van der Waals surface area (Å²) in [5.41, 5.74) is 2.05. The number of hydrogen-bond donors (Lipinski definition) is 0. The average Bonchev–Trinajstić information content (AvgIpc) is 2.93. The van der Waals surface area contributed by atoms with Crippen LogP contribution in [0.15, 0.2) is 99.4 Å². The third-order valence-electron chi connectivity index (χ3n) is 6.74. The first kappa shape index (κ1) is 31.4. The predicted molar refractivity (Wildman–Crippen MR) is 169 cm³/mol. The van der Waals surface area contributed by atoms with Crippen LogP contribution in [0.3, 0.4) is 0 Å². The van der Waals surface area contributed by atoms with Gasteiger partial charge in [0.15, 0.2) is 0 Å². The fourth-order valence-electron chi connectivity index (χ4n) is 4.62. The highest BCUT2D eigenvalue weighted by atomic mass is 79.9. The third kappa shape index (κ3) is 7.52. The lowest BCUT2D eigenvalue weighted by molar-refractivity contribution is 0.221. The maximum Gasteiger partial charge on any atom is 0.258 e. The monoisotopic (exact) mass is 644 g/mol. The molecule has 210 valence electrons. The van der Waals surface area contributed by atoms with E-state index in [0.29, 0.717) is 18.5 Å². The SMILES string of the molecule is Cl.Cl.Cn1c(=O)ccc2cc(OCCCN(CCn3ccc4ccc(Br)cc4c3=O)Cc3ccncc3)ccc21. The molecule has 0 fully saturated rings. The minimum Gasteiger partial charge on any atom is -0.494 e. The van der Waals surface area contributed by atoms with Crippen LogP contribution in [-0.4, -0.2) is 38.7 Å². The molecule has 2 aromatic carbocycles. The van der Waals surface area contributed by atoms with Gasteiger partial charge in [0, 0.05) is 73.1 Å². The molecule has 0 saturated carbocycles. The highest BCUT2D eigenvalue weighted by molar-refractivity contribution is 9.10. The second-order valence-corrected chi connectivity index (χ2v) is 10.2. The lowest BCUT2D eigenvalue weighted by atomic mass is 10.2. The van der Waals surface area contributed by atoms with E-state index in [0.717, 1.165) is 52.6 Å². The van der Waals surface area contributed by atoms with Crippen LogP contribution >= 0.6 is 40.7 Å². The molecule has 5 aromatic rings. The maximum absolute atomic E-state index is 13.1. The predicted octanol–water partition coefficient (Wildman–Crippen LogP) is 5.83. The molecule has 10 heteroatoms. The summed E-state index contributed by atoms with van der Waals surface area (Å²) in [7, 11) is 1.77. The summed E-state index contributed by atoms with van der Waals surface area (Å²) in [6.45, 7) is 3.47. The van der Waals surface area contributed by atoms with Crippen LogP contribution in [-0.2, 0) is 20.1 Å². The molecule has 0 aliphatic carbocycles. The summed E-state index contributed by atoms with van der Waals surface area (Å²) in [5, 5.41) is 2.62. The van der Waals surface area contributed by atoms with Crippen molar-refractivity contribution in [2.24, 2.45) is 7.05 Å². The molecule has 7 nitrogen and oxygen atoms in total. The lowest BCUT2D eigenvalue weighted by Gasteiger charge is -2.23. The number of aromatic nitrogens is 3. The minimum atomic E-state index is -0.0284. The first-order valence-electron chi connectivity index (χ1n) is 12.6. The fraction of sp³-hybridized carbons (Fsp3) is 0.233. The van der Waals surface area contributed by atoms with E-state index in [2.05, 4.69) is 25.8 Å². The Morgan fingerprint density at radius 3 is 2.48 bits per heavy atom. The van der Waals surface area contributed by atoms with E-state index in [4.69, 9.17) is 4.74 Å². The Morgan fingerprint density at radius 1 is 0.900 bits per heavy atom. The molecule has 5 rings (SSSR count). The Labute approximate surface area is 253 Å². The molecule has 0 bridgehead atoms. The summed E-state index contributed by atoms with van der Waals surface area (Å²) >= 11 is 3.47. The van der Waals surface area contributed by atoms with Crippen molar-refractivity contribution < 1.29 is 4.74 Å². The molecule has 3 heterocycles. The van der Waals surface area contributed by atoms with E-state index in [9.17, 15) is 9.59 Å². The lowest BCUT2D eigenvalue weighted by Crippen LogP contribution is -2.32. The van der Waals surface area contributed by atoms with Gasteiger partial charge < -0.3 is 13.9 Å². The molecular formula is C30H31BrCl2N4O3. The Balaban J connectivity index is 0.00000220. The Morgan fingerprint density at radius 2 is 1.68 bits per heavy atom. The Kier molecular flexibility index (Phi) is 11.3. The summed E-state index contributed by atoms with van der Waals surface area (Å²) < 4.78 is 10.4. The molecular weight excluding hydrogens is 615 g/mol. The highest BCUT2D eigenvalue weighted by Crippen LogP contribution is 2.20. The number of aryl methyl sites for hydroxylation is 1. The van der Waals surface area contributed by atoms with Crippen LogP contribution in [0.5, 0.6) is 5.75 Å². The average molecular weight is 646 g/mol. The van der Waals surface area contributed by atoms with Gasteiger partial charge in [-0.3, -0.25) is 19.5 Å². The molecule has 0 unspecified atom stereocenters. The summed E-state index contributed by atoms with van der Waals surface area (Å²) in [6.07, 6.45) is 6.31. The molecule has 0 spiro atoms. The number of rotatable bonds is 10.